The summed E-state index contributed by atoms with van der Waals surface area (Å²) in [6.07, 6.45) is 5.82. The summed E-state index contributed by atoms with van der Waals surface area (Å²) in [6.45, 7) is 3.85. The van der Waals surface area contributed by atoms with Crippen LogP contribution < -0.4 is 5.32 Å². The van der Waals surface area contributed by atoms with Crippen molar-refractivity contribution in [1.82, 2.24) is 9.29 Å². The Bertz CT molecular complexity index is 556. The van der Waals surface area contributed by atoms with Gasteiger partial charge in [0.2, 0.25) is 10.0 Å². The minimum Gasteiger partial charge on any atom is -0.384 e. The molecule has 6 nitrogen and oxygen atoms in total. The van der Waals surface area contributed by atoms with E-state index >= 15 is 0 Å². The molecule has 21 heavy (non-hydrogen) atoms. The van der Waals surface area contributed by atoms with Crippen molar-refractivity contribution in [1.29, 1.82) is 0 Å². The number of nitrogens with one attached hydrogen (secondary N) is 1. The van der Waals surface area contributed by atoms with Gasteiger partial charge in [0.1, 0.15) is 4.90 Å². The maximum absolute atomic E-state index is 12.7. The predicted molar refractivity (Wildman–Crippen MR) is 81.8 cm³/mol. The van der Waals surface area contributed by atoms with Crippen LogP contribution in [0.2, 0.25) is 0 Å². The van der Waals surface area contributed by atoms with Gasteiger partial charge in [0.05, 0.1) is 11.8 Å². The number of anilines is 1. The number of ether oxygens (including phenoxy) is 1. The average Bonchev–Trinajstić information content (AvgIpc) is 2.98. The Morgan fingerprint density at radius 2 is 2.33 bits per heavy atom. The molecule has 0 saturated carbocycles. The number of pyridine rings is 1. The van der Waals surface area contributed by atoms with E-state index in [1.54, 1.807) is 19.3 Å². The lowest BCUT2D eigenvalue weighted by atomic mass is 10.2. The molecule has 0 radical (unpaired) electrons. The number of likely N-dealkylation sites (N-methyl/N-ethyl adjacent to an activating group) is 1. The molecule has 1 aliphatic heterocycles. The van der Waals surface area contributed by atoms with E-state index in [1.165, 1.54) is 10.5 Å². The third-order valence-electron chi connectivity index (χ3n) is 3.52. The average molecular weight is 313 g/mol. The van der Waals surface area contributed by atoms with E-state index in [9.17, 15) is 8.42 Å². The Morgan fingerprint density at radius 1 is 1.52 bits per heavy atom. The summed E-state index contributed by atoms with van der Waals surface area (Å²) in [4.78, 5) is 4.18. The SMILES string of the molecule is CCCNc1ccncc1S(=O)(=O)N(C)CC1CCCO1. The van der Waals surface area contributed by atoms with E-state index in [4.69, 9.17) is 4.74 Å². The molecular formula is C14H23N3O3S. The van der Waals surface area contributed by atoms with Crippen LogP contribution in [0.15, 0.2) is 23.4 Å². The van der Waals surface area contributed by atoms with Crippen LogP contribution in [0.3, 0.4) is 0 Å². The highest BCUT2D eigenvalue weighted by Gasteiger charge is 2.28. The van der Waals surface area contributed by atoms with E-state index in [0.29, 0.717) is 12.2 Å². The quantitative estimate of drug-likeness (QED) is 0.829. The molecule has 1 saturated heterocycles. The van der Waals surface area contributed by atoms with Crippen LogP contribution in [0, 0.1) is 0 Å². The number of nitrogens with zero attached hydrogens (tertiary/aromatic N) is 2. The van der Waals surface area contributed by atoms with Gasteiger partial charge in [0.25, 0.3) is 0 Å². The second kappa shape index (κ2) is 7.20. The summed E-state index contributed by atoms with van der Waals surface area (Å²) in [5.74, 6) is 0. The fraction of sp³-hybridized carbons (Fsp3) is 0.643. The smallest absolute Gasteiger partial charge is 0.246 e. The van der Waals surface area contributed by atoms with Crippen molar-refractivity contribution in [2.45, 2.75) is 37.2 Å². The van der Waals surface area contributed by atoms with Crippen LogP contribution in [0.4, 0.5) is 5.69 Å². The van der Waals surface area contributed by atoms with Gasteiger partial charge in [-0.15, -0.1) is 0 Å². The highest BCUT2D eigenvalue weighted by atomic mass is 32.2. The number of aromatic nitrogens is 1. The van der Waals surface area contributed by atoms with Crippen LogP contribution in [0.1, 0.15) is 26.2 Å². The molecule has 0 bridgehead atoms. The fourth-order valence-electron chi connectivity index (χ4n) is 2.33. The Morgan fingerprint density at radius 3 is 3.00 bits per heavy atom. The van der Waals surface area contributed by atoms with Gasteiger partial charge in [-0.05, 0) is 25.3 Å². The maximum Gasteiger partial charge on any atom is 0.246 e. The third-order valence-corrected chi connectivity index (χ3v) is 5.37. The number of rotatable bonds is 7. The minimum atomic E-state index is -3.56. The Labute approximate surface area is 126 Å². The third kappa shape index (κ3) is 3.93. The molecular weight excluding hydrogens is 290 g/mol. The van der Waals surface area contributed by atoms with Crippen molar-refractivity contribution in [3.8, 4) is 0 Å². The molecule has 0 aliphatic carbocycles. The molecule has 2 rings (SSSR count). The van der Waals surface area contributed by atoms with Gasteiger partial charge in [0.15, 0.2) is 0 Å². The lowest BCUT2D eigenvalue weighted by Crippen LogP contribution is -2.34. The molecule has 0 spiro atoms. The number of sulfonamides is 1. The lowest BCUT2D eigenvalue weighted by Gasteiger charge is -2.22. The predicted octanol–water partition coefficient (Wildman–Crippen LogP) is 1.70. The monoisotopic (exact) mass is 313 g/mol. The minimum absolute atomic E-state index is 0.00602. The molecule has 1 aliphatic rings. The molecule has 1 unspecified atom stereocenters. The van der Waals surface area contributed by atoms with Crippen molar-refractivity contribution in [2.75, 3.05) is 32.1 Å². The first kappa shape index (κ1) is 16.2. The van der Waals surface area contributed by atoms with Crippen molar-refractivity contribution >= 4 is 15.7 Å². The largest absolute Gasteiger partial charge is 0.384 e. The van der Waals surface area contributed by atoms with Gasteiger partial charge < -0.3 is 10.1 Å². The lowest BCUT2D eigenvalue weighted by molar-refractivity contribution is 0.0979. The molecule has 118 valence electrons. The first-order valence-corrected chi connectivity index (χ1v) is 8.75. The molecule has 1 fully saturated rings. The zero-order chi connectivity index (χ0) is 15.3. The number of hydrogen-bond donors (Lipinski definition) is 1. The van der Waals surface area contributed by atoms with Gasteiger partial charge in [-0.3, -0.25) is 4.98 Å². The van der Waals surface area contributed by atoms with Crippen LogP contribution in [0.25, 0.3) is 0 Å². The highest BCUT2D eigenvalue weighted by molar-refractivity contribution is 7.89. The first-order valence-electron chi connectivity index (χ1n) is 7.31. The summed E-state index contributed by atoms with van der Waals surface area (Å²) in [5.41, 5.74) is 0.603. The summed E-state index contributed by atoms with van der Waals surface area (Å²) >= 11 is 0. The number of hydrogen-bond acceptors (Lipinski definition) is 5. The summed E-state index contributed by atoms with van der Waals surface area (Å²) in [7, 11) is -1.97. The maximum atomic E-state index is 12.7. The van der Waals surface area contributed by atoms with E-state index in [-0.39, 0.29) is 11.0 Å². The molecule has 1 aromatic heterocycles. The van der Waals surface area contributed by atoms with Crippen LogP contribution in [-0.4, -0.2) is 50.6 Å². The Balaban J connectivity index is 2.17. The van der Waals surface area contributed by atoms with Crippen molar-refractivity contribution in [2.24, 2.45) is 0 Å². The standard InChI is InChI=1S/C14H23N3O3S/c1-3-7-16-13-6-8-15-10-14(13)21(18,19)17(2)11-12-5-4-9-20-12/h6,8,10,12H,3-5,7,9,11H2,1-2H3,(H,15,16). The molecule has 1 aromatic rings. The topological polar surface area (TPSA) is 71.5 Å². The van der Waals surface area contributed by atoms with E-state index in [2.05, 4.69) is 10.3 Å². The van der Waals surface area contributed by atoms with Crippen LogP contribution in [-0.2, 0) is 14.8 Å². The van der Waals surface area contributed by atoms with E-state index in [1.807, 2.05) is 6.92 Å². The summed E-state index contributed by atoms with van der Waals surface area (Å²) in [5, 5.41) is 3.14. The van der Waals surface area contributed by atoms with Gasteiger partial charge >= 0.3 is 0 Å². The van der Waals surface area contributed by atoms with E-state index in [0.717, 1.165) is 32.4 Å². The highest BCUT2D eigenvalue weighted by Crippen LogP contribution is 2.24. The van der Waals surface area contributed by atoms with Crippen molar-refractivity contribution in [3.63, 3.8) is 0 Å². The second-order valence-corrected chi connectivity index (χ2v) is 7.23. The fourth-order valence-corrected chi connectivity index (χ4v) is 3.64. The summed E-state index contributed by atoms with van der Waals surface area (Å²) in [6, 6.07) is 1.70. The second-order valence-electron chi connectivity index (χ2n) is 5.22. The molecule has 1 N–H and O–H groups in total. The first-order chi connectivity index (χ1) is 10.1. The molecule has 0 amide bonds. The van der Waals surface area contributed by atoms with Crippen LogP contribution in [0.5, 0.6) is 0 Å². The normalized spacial score (nSPS) is 19.1. The van der Waals surface area contributed by atoms with Crippen molar-refractivity contribution in [3.05, 3.63) is 18.5 Å². The van der Waals surface area contributed by atoms with Gasteiger partial charge in [-0.1, -0.05) is 6.92 Å². The van der Waals surface area contributed by atoms with E-state index < -0.39 is 10.0 Å². The zero-order valence-electron chi connectivity index (χ0n) is 12.6. The van der Waals surface area contributed by atoms with Crippen LogP contribution >= 0.6 is 0 Å². The Hall–Kier alpha value is -1.18. The zero-order valence-corrected chi connectivity index (χ0v) is 13.4. The van der Waals surface area contributed by atoms with Crippen molar-refractivity contribution < 1.29 is 13.2 Å². The summed E-state index contributed by atoms with van der Waals surface area (Å²) < 4.78 is 32.3. The van der Waals surface area contributed by atoms with Gasteiger partial charge in [-0.2, -0.15) is 4.31 Å². The molecule has 1 atom stereocenters. The van der Waals surface area contributed by atoms with Gasteiger partial charge in [0, 0.05) is 39.1 Å². The molecule has 2 heterocycles. The molecule has 7 heteroatoms. The van der Waals surface area contributed by atoms with Gasteiger partial charge in [-0.25, -0.2) is 8.42 Å². The molecule has 0 aromatic carbocycles. The Kier molecular flexibility index (Phi) is 5.55.